The number of thiophene rings is 1. The fourth-order valence-corrected chi connectivity index (χ4v) is 7.58. The first-order chi connectivity index (χ1) is 22.6. The van der Waals surface area contributed by atoms with Gasteiger partial charge >= 0.3 is 6.01 Å². The number of carbonyl (C=O) groups excluding carboxylic acids is 1. The summed E-state index contributed by atoms with van der Waals surface area (Å²) in [7, 11) is 5.13. The Morgan fingerprint density at radius 3 is 2.79 bits per heavy atom. The molecule has 2 saturated heterocycles. The third kappa shape index (κ3) is 5.70. The van der Waals surface area contributed by atoms with Gasteiger partial charge in [-0.2, -0.15) is 15.2 Å². The number of hydrogen-bond acceptors (Lipinski definition) is 11. The van der Waals surface area contributed by atoms with Gasteiger partial charge in [0.25, 0.3) is 0 Å². The number of nitrogens with two attached hydrogens (primary N) is 1. The summed E-state index contributed by atoms with van der Waals surface area (Å²) in [4.78, 5) is 31.6. The summed E-state index contributed by atoms with van der Waals surface area (Å²) in [6, 6.07) is 3.52. The Hall–Kier alpha value is -4.52. The molecule has 0 saturated carbocycles. The Bertz CT molecular complexity index is 1920. The van der Waals surface area contributed by atoms with Gasteiger partial charge < -0.3 is 25.0 Å². The monoisotopic (exact) mass is 666 g/mol. The average Bonchev–Trinajstić information content (AvgIpc) is 3.73. The molecule has 0 aliphatic carbocycles. The number of pyridine rings is 1. The van der Waals surface area contributed by atoms with E-state index >= 15 is 4.39 Å². The molecule has 2 N–H and O–H groups in total. The Morgan fingerprint density at radius 1 is 1.32 bits per heavy atom. The van der Waals surface area contributed by atoms with Gasteiger partial charge in [0.05, 0.1) is 34.3 Å². The molecule has 4 atom stereocenters. The quantitative estimate of drug-likeness (QED) is 0.258. The zero-order chi connectivity index (χ0) is 33.6. The van der Waals surface area contributed by atoms with E-state index in [1.54, 1.807) is 26.1 Å². The standard InChI is InChI=1S/C32H33F3N8O3S/c1-5-24(44)43-9-8-22(23(43)15-45-4)42(3)31-20-12-38-27(18-6-7-21(34)29-25(18)19(11-36)30(37)47-29)26(35)28(20)39-32(40-31)46-14-17-10-16(33)13-41(17)2/h5-7,12,16-17,22-23H,1,8-10,13-15,37H2,2-4H3/t16-,17+,22?,23-/m1/s1. The van der Waals surface area contributed by atoms with Crippen molar-refractivity contribution in [3.8, 4) is 23.3 Å². The number of methoxy groups -OCH3 is 1. The van der Waals surface area contributed by atoms with Crippen molar-refractivity contribution < 1.29 is 27.4 Å². The largest absolute Gasteiger partial charge is 0.462 e. The molecule has 2 fully saturated rings. The van der Waals surface area contributed by atoms with Gasteiger partial charge in [-0.05, 0) is 38.1 Å². The third-order valence-corrected chi connectivity index (χ3v) is 10.0. The van der Waals surface area contributed by atoms with Gasteiger partial charge in [-0.15, -0.1) is 11.3 Å². The smallest absolute Gasteiger partial charge is 0.319 e. The first-order valence-electron chi connectivity index (χ1n) is 15.0. The number of nitrogen functional groups attached to an aromatic ring is 1. The van der Waals surface area contributed by atoms with E-state index in [1.807, 2.05) is 15.9 Å². The minimum absolute atomic E-state index is 0.0313. The second-order valence-electron chi connectivity index (χ2n) is 11.7. The van der Waals surface area contributed by atoms with Crippen molar-refractivity contribution in [2.75, 3.05) is 58.1 Å². The summed E-state index contributed by atoms with van der Waals surface area (Å²) in [5.41, 5.74) is 5.95. The van der Waals surface area contributed by atoms with E-state index in [1.165, 1.54) is 24.4 Å². The van der Waals surface area contributed by atoms with Gasteiger partial charge in [0.2, 0.25) is 5.91 Å². The molecule has 4 aromatic rings. The molecule has 3 aromatic heterocycles. The van der Waals surface area contributed by atoms with Crippen molar-refractivity contribution in [3.05, 3.63) is 48.2 Å². The highest BCUT2D eigenvalue weighted by atomic mass is 32.1. The summed E-state index contributed by atoms with van der Waals surface area (Å²) in [6.07, 6.45) is 2.53. The van der Waals surface area contributed by atoms with Crippen molar-refractivity contribution >= 4 is 49.1 Å². The van der Waals surface area contributed by atoms with Gasteiger partial charge in [0, 0.05) is 50.4 Å². The number of fused-ring (bicyclic) bond motifs is 2. The molecule has 0 spiro atoms. The predicted molar refractivity (Wildman–Crippen MR) is 173 cm³/mol. The molecule has 1 unspecified atom stereocenters. The molecule has 6 rings (SSSR count). The van der Waals surface area contributed by atoms with Crippen molar-refractivity contribution in [3.63, 3.8) is 0 Å². The van der Waals surface area contributed by atoms with Gasteiger partial charge in [-0.3, -0.25) is 14.7 Å². The minimum Gasteiger partial charge on any atom is -0.462 e. The number of rotatable bonds is 9. The number of nitrogens with zero attached hydrogens (tertiary/aromatic N) is 7. The van der Waals surface area contributed by atoms with Crippen LogP contribution >= 0.6 is 11.3 Å². The number of anilines is 2. The van der Waals surface area contributed by atoms with Crippen molar-refractivity contribution in [2.45, 2.75) is 37.1 Å². The molecule has 11 nitrogen and oxygen atoms in total. The maximum Gasteiger partial charge on any atom is 0.319 e. The van der Waals surface area contributed by atoms with Crippen LogP contribution in [0.15, 0.2) is 31.0 Å². The summed E-state index contributed by atoms with van der Waals surface area (Å²) in [5.74, 6) is -1.37. The van der Waals surface area contributed by atoms with Gasteiger partial charge in [-0.1, -0.05) is 6.58 Å². The lowest BCUT2D eigenvalue weighted by atomic mass is 10.0. The number of ether oxygens (including phenoxy) is 2. The summed E-state index contributed by atoms with van der Waals surface area (Å²) >= 11 is 0.901. The lowest BCUT2D eigenvalue weighted by molar-refractivity contribution is -0.127. The Morgan fingerprint density at radius 2 is 2.11 bits per heavy atom. The molecule has 0 radical (unpaired) electrons. The number of alkyl halides is 1. The molecule has 1 aromatic carbocycles. The number of halogens is 3. The minimum atomic E-state index is -0.989. The number of carbonyl (C=O) groups is 1. The third-order valence-electron chi connectivity index (χ3n) is 9.01. The van der Waals surface area contributed by atoms with Gasteiger partial charge in [0.15, 0.2) is 5.82 Å². The Balaban J connectivity index is 1.49. The van der Waals surface area contributed by atoms with Crippen LogP contribution in [0, 0.1) is 23.0 Å². The molecule has 0 bridgehead atoms. The zero-order valence-electron chi connectivity index (χ0n) is 26.0. The second-order valence-corrected chi connectivity index (χ2v) is 12.8. The fourth-order valence-electron chi connectivity index (χ4n) is 6.63. The van der Waals surface area contributed by atoms with E-state index in [2.05, 4.69) is 21.5 Å². The van der Waals surface area contributed by atoms with E-state index in [0.29, 0.717) is 18.8 Å². The summed E-state index contributed by atoms with van der Waals surface area (Å²) in [5, 5.41) is 10.3. The lowest BCUT2D eigenvalue weighted by Gasteiger charge is -2.33. The van der Waals surface area contributed by atoms with Crippen LogP contribution in [0.2, 0.25) is 0 Å². The molecule has 15 heteroatoms. The molecule has 2 aliphatic rings. The van der Waals surface area contributed by atoms with Crippen LogP contribution in [0.25, 0.3) is 32.2 Å². The first kappa shape index (κ1) is 32.4. The van der Waals surface area contributed by atoms with E-state index < -0.39 is 17.8 Å². The van der Waals surface area contributed by atoms with Crippen molar-refractivity contribution in [2.24, 2.45) is 0 Å². The fraction of sp³-hybridized carbons (Fsp3) is 0.406. The van der Waals surface area contributed by atoms with Crippen molar-refractivity contribution in [1.29, 1.82) is 5.26 Å². The normalized spacial score (nSPS) is 21.4. The number of hydrogen-bond donors (Lipinski definition) is 1. The van der Waals surface area contributed by atoms with Crippen LogP contribution in [-0.2, 0) is 9.53 Å². The van der Waals surface area contributed by atoms with Crippen LogP contribution in [0.4, 0.5) is 24.0 Å². The highest BCUT2D eigenvalue weighted by molar-refractivity contribution is 7.23. The van der Waals surface area contributed by atoms with E-state index in [9.17, 15) is 18.8 Å². The maximum absolute atomic E-state index is 16.7. The van der Waals surface area contributed by atoms with Crippen LogP contribution in [0.3, 0.4) is 0 Å². The number of likely N-dealkylation sites (N-methyl/N-ethyl adjacent to an activating group) is 2. The zero-order valence-corrected chi connectivity index (χ0v) is 26.9. The Kier molecular flexibility index (Phi) is 8.93. The van der Waals surface area contributed by atoms with Gasteiger partial charge in [0.1, 0.15) is 46.7 Å². The van der Waals surface area contributed by atoms with Crippen molar-refractivity contribution in [1.82, 2.24) is 24.8 Å². The number of likely N-dealkylation sites (tertiary alicyclic amines) is 2. The molecular formula is C32H33F3N8O3S. The SMILES string of the molecule is C=CC(=O)N1CCC(N(C)c2nc(OC[C@@H]3C[C@@H](F)CN3C)nc3c(F)c(-c4ccc(F)c5sc(N)c(C#N)c45)ncc23)[C@H]1COC. The molecule has 5 heterocycles. The molecular weight excluding hydrogens is 633 g/mol. The van der Waals surface area contributed by atoms with E-state index in [0.717, 1.165) is 11.3 Å². The average molecular weight is 667 g/mol. The molecule has 246 valence electrons. The molecule has 1 amide bonds. The maximum atomic E-state index is 16.7. The molecule has 47 heavy (non-hydrogen) atoms. The second kappa shape index (κ2) is 12.9. The number of benzene rings is 1. The van der Waals surface area contributed by atoms with E-state index in [4.69, 9.17) is 15.2 Å². The summed E-state index contributed by atoms with van der Waals surface area (Å²) < 4.78 is 57.1. The number of aromatic nitrogens is 3. The van der Waals surface area contributed by atoms with E-state index in [-0.39, 0.29) is 99.0 Å². The van der Waals surface area contributed by atoms with Crippen LogP contribution in [0.5, 0.6) is 6.01 Å². The lowest BCUT2D eigenvalue weighted by Crippen LogP contribution is -2.48. The van der Waals surface area contributed by atoms with Crippen LogP contribution in [-0.4, -0.2) is 102 Å². The predicted octanol–water partition coefficient (Wildman–Crippen LogP) is 4.30. The summed E-state index contributed by atoms with van der Waals surface area (Å²) in [6.45, 7) is 4.65. The highest BCUT2D eigenvalue weighted by Gasteiger charge is 2.40. The topological polar surface area (TPSA) is 134 Å². The number of nitriles is 1. The molecule has 2 aliphatic heterocycles. The first-order valence-corrected chi connectivity index (χ1v) is 15.8. The highest BCUT2D eigenvalue weighted by Crippen LogP contribution is 2.42. The van der Waals surface area contributed by atoms with Crippen LogP contribution in [0.1, 0.15) is 18.4 Å². The Labute approximate surface area is 273 Å². The number of amides is 1. The van der Waals surface area contributed by atoms with Crippen LogP contribution < -0.4 is 15.4 Å². The van der Waals surface area contributed by atoms with Gasteiger partial charge in [-0.25, -0.2) is 13.2 Å².